The second kappa shape index (κ2) is 8.49. The molecule has 1 N–H and O–H groups in total. The van der Waals surface area contributed by atoms with Crippen molar-refractivity contribution < 1.29 is 14.5 Å². The third kappa shape index (κ3) is 4.52. The van der Waals surface area contributed by atoms with E-state index in [1.807, 2.05) is 30.3 Å². The van der Waals surface area contributed by atoms with Gasteiger partial charge in [0.2, 0.25) is 5.82 Å². The van der Waals surface area contributed by atoms with Crippen LogP contribution in [0.2, 0.25) is 0 Å². The van der Waals surface area contributed by atoms with Crippen molar-refractivity contribution in [2.45, 2.75) is 6.54 Å². The molecule has 0 atom stereocenters. The maximum absolute atomic E-state index is 11.9. The Hall–Kier alpha value is -4.15. The van der Waals surface area contributed by atoms with Crippen LogP contribution in [-0.4, -0.2) is 44.4 Å². The molecule has 2 aromatic carbocycles. The van der Waals surface area contributed by atoms with E-state index in [-0.39, 0.29) is 18.0 Å². The number of tetrazole rings is 1. The van der Waals surface area contributed by atoms with E-state index in [0.717, 1.165) is 10.4 Å². The first kappa shape index (κ1) is 18.6. The maximum Gasteiger partial charge on any atom is 0.311 e. The van der Waals surface area contributed by atoms with Crippen LogP contribution in [0.1, 0.15) is 5.56 Å². The molecule has 0 spiro atoms. The number of amides is 1. The van der Waals surface area contributed by atoms with Gasteiger partial charge in [-0.25, -0.2) is 5.43 Å². The molecular weight excluding hydrogens is 366 g/mol. The van der Waals surface area contributed by atoms with Gasteiger partial charge in [-0.1, -0.05) is 30.3 Å². The highest BCUT2D eigenvalue weighted by Crippen LogP contribution is 2.26. The van der Waals surface area contributed by atoms with E-state index < -0.39 is 10.8 Å². The summed E-state index contributed by atoms with van der Waals surface area (Å²) in [5.41, 5.74) is 3.32. The van der Waals surface area contributed by atoms with E-state index >= 15 is 0 Å². The zero-order valence-corrected chi connectivity index (χ0v) is 14.7. The number of hydrogen-bond acceptors (Lipinski definition) is 8. The van der Waals surface area contributed by atoms with Crippen molar-refractivity contribution in [1.82, 2.24) is 25.6 Å². The lowest BCUT2D eigenvalue weighted by Crippen LogP contribution is -2.24. The van der Waals surface area contributed by atoms with Gasteiger partial charge in [-0.05, 0) is 17.3 Å². The number of carbonyl (C=O) groups excluding carboxylic acids is 1. The van der Waals surface area contributed by atoms with Crippen molar-refractivity contribution in [2.75, 3.05) is 7.11 Å². The number of nitrogens with zero attached hydrogens (tertiary/aromatic N) is 6. The van der Waals surface area contributed by atoms with Crippen LogP contribution in [-0.2, 0) is 11.3 Å². The molecule has 0 fully saturated rings. The number of nitro benzene ring substituents is 1. The Morgan fingerprint density at radius 1 is 1.32 bits per heavy atom. The molecule has 11 nitrogen and oxygen atoms in total. The molecule has 0 aliphatic rings. The van der Waals surface area contributed by atoms with Gasteiger partial charge in [0.25, 0.3) is 5.91 Å². The summed E-state index contributed by atoms with van der Waals surface area (Å²) < 4.78 is 4.93. The number of methoxy groups -OCH3 is 1. The Morgan fingerprint density at radius 2 is 2.11 bits per heavy atom. The lowest BCUT2D eigenvalue weighted by Gasteiger charge is -2.02. The number of ether oxygens (including phenoxy) is 1. The summed E-state index contributed by atoms with van der Waals surface area (Å²) in [5, 5.41) is 26.6. The fourth-order valence-corrected chi connectivity index (χ4v) is 2.29. The maximum atomic E-state index is 11.9. The van der Waals surface area contributed by atoms with Gasteiger partial charge < -0.3 is 4.74 Å². The van der Waals surface area contributed by atoms with Crippen LogP contribution in [0.15, 0.2) is 53.6 Å². The molecule has 1 aromatic heterocycles. The average Bonchev–Trinajstić information content (AvgIpc) is 3.17. The molecule has 0 radical (unpaired) electrons. The predicted molar refractivity (Wildman–Crippen MR) is 98.6 cm³/mol. The van der Waals surface area contributed by atoms with Crippen molar-refractivity contribution in [3.8, 4) is 17.1 Å². The standard InChI is InChI=1S/C17H15N7O4/c1-28-15-8-7-12(9-14(15)24(26)27)10-18-19-16(25)11-23-21-17(20-22-23)13-5-3-2-4-6-13/h2-10H,11H2,1H3,(H,19,25). The topological polar surface area (TPSA) is 137 Å². The first-order valence-corrected chi connectivity index (χ1v) is 8.04. The molecule has 0 bridgehead atoms. The molecule has 1 heterocycles. The van der Waals surface area contributed by atoms with Gasteiger partial charge in [0, 0.05) is 17.2 Å². The Bertz CT molecular complexity index is 1020. The summed E-state index contributed by atoms with van der Waals surface area (Å²) in [6.07, 6.45) is 1.29. The Kier molecular flexibility index (Phi) is 5.65. The van der Waals surface area contributed by atoms with Crippen molar-refractivity contribution in [2.24, 2.45) is 5.10 Å². The first-order chi connectivity index (χ1) is 13.6. The number of hydrogen-bond donors (Lipinski definition) is 1. The number of nitrogens with one attached hydrogen (secondary N) is 1. The van der Waals surface area contributed by atoms with E-state index in [1.54, 1.807) is 6.07 Å². The zero-order valence-electron chi connectivity index (χ0n) is 14.7. The van der Waals surface area contributed by atoms with Gasteiger partial charge in [-0.3, -0.25) is 14.9 Å². The average molecular weight is 381 g/mol. The van der Waals surface area contributed by atoms with E-state index in [4.69, 9.17) is 4.74 Å². The molecule has 28 heavy (non-hydrogen) atoms. The summed E-state index contributed by atoms with van der Waals surface area (Å²) in [6, 6.07) is 13.6. The van der Waals surface area contributed by atoms with Crippen LogP contribution >= 0.6 is 0 Å². The fourth-order valence-electron chi connectivity index (χ4n) is 2.29. The molecule has 0 saturated carbocycles. The smallest absolute Gasteiger partial charge is 0.311 e. The number of aromatic nitrogens is 4. The quantitative estimate of drug-likeness (QED) is 0.371. The fraction of sp³-hybridized carbons (Fsp3) is 0.118. The lowest BCUT2D eigenvalue weighted by molar-refractivity contribution is -0.385. The SMILES string of the molecule is COc1ccc(C=NNC(=O)Cn2nnc(-c3ccccc3)n2)cc1[N+](=O)[O-]. The van der Waals surface area contributed by atoms with Crippen molar-refractivity contribution >= 4 is 17.8 Å². The van der Waals surface area contributed by atoms with Gasteiger partial charge in [-0.15, -0.1) is 10.2 Å². The number of nitro groups is 1. The normalized spacial score (nSPS) is 10.8. The highest BCUT2D eigenvalue weighted by molar-refractivity contribution is 5.83. The molecule has 3 aromatic rings. The predicted octanol–water partition coefficient (Wildman–Crippen LogP) is 1.41. The summed E-state index contributed by atoms with van der Waals surface area (Å²) >= 11 is 0. The van der Waals surface area contributed by atoms with Crippen molar-refractivity contribution in [3.63, 3.8) is 0 Å². The summed E-state index contributed by atoms with van der Waals surface area (Å²) in [5.74, 6) is 0.0661. The summed E-state index contributed by atoms with van der Waals surface area (Å²) in [6.45, 7) is -0.181. The van der Waals surface area contributed by atoms with Crippen molar-refractivity contribution in [3.05, 3.63) is 64.2 Å². The van der Waals surface area contributed by atoms with E-state index in [2.05, 4.69) is 25.9 Å². The Morgan fingerprint density at radius 3 is 2.82 bits per heavy atom. The molecule has 0 aliphatic carbocycles. The van der Waals surface area contributed by atoms with Crippen LogP contribution in [0.5, 0.6) is 5.75 Å². The van der Waals surface area contributed by atoms with Gasteiger partial charge in [0.15, 0.2) is 5.75 Å². The number of hydrazone groups is 1. The Balaban J connectivity index is 1.59. The number of benzene rings is 2. The summed E-state index contributed by atoms with van der Waals surface area (Å²) in [7, 11) is 1.34. The molecule has 142 valence electrons. The molecular formula is C17H15N7O4. The minimum Gasteiger partial charge on any atom is -0.490 e. The van der Waals surface area contributed by atoms with Crippen LogP contribution in [0.25, 0.3) is 11.4 Å². The Labute approximate surface area is 158 Å². The van der Waals surface area contributed by atoms with Gasteiger partial charge in [0.1, 0.15) is 6.54 Å². The molecule has 3 rings (SSSR count). The van der Waals surface area contributed by atoms with E-state index in [0.29, 0.717) is 11.4 Å². The van der Waals surface area contributed by atoms with Crippen LogP contribution in [0, 0.1) is 10.1 Å². The minimum atomic E-state index is -0.560. The third-order valence-corrected chi connectivity index (χ3v) is 3.57. The van der Waals surface area contributed by atoms with Gasteiger partial charge >= 0.3 is 5.69 Å². The first-order valence-electron chi connectivity index (χ1n) is 8.04. The largest absolute Gasteiger partial charge is 0.490 e. The highest BCUT2D eigenvalue weighted by Gasteiger charge is 2.14. The van der Waals surface area contributed by atoms with Gasteiger partial charge in [-0.2, -0.15) is 9.90 Å². The van der Waals surface area contributed by atoms with Crippen LogP contribution in [0.4, 0.5) is 5.69 Å². The van der Waals surface area contributed by atoms with Crippen LogP contribution < -0.4 is 10.2 Å². The van der Waals surface area contributed by atoms with Crippen molar-refractivity contribution in [1.29, 1.82) is 0 Å². The van der Waals surface area contributed by atoms with E-state index in [9.17, 15) is 14.9 Å². The molecule has 0 saturated heterocycles. The third-order valence-electron chi connectivity index (χ3n) is 3.57. The molecule has 11 heteroatoms. The second-order valence-corrected chi connectivity index (χ2v) is 5.49. The second-order valence-electron chi connectivity index (χ2n) is 5.49. The lowest BCUT2D eigenvalue weighted by atomic mass is 10.2. The zero-order chi connectivity index (χ0) is 19.9. The number of rotatable bonds is 7. The van der Waals surface area contributed by atoms with Crippen LogP contribution in [0.3, 0.4) is 0 Å². The molecule has 0 unspecified atom stereocenters. The monoisotopic (exact) mass is 381 g/mol. The number of carbonyl (C=O) groups is 1. The molecule has 1 amide bonds. The molecule has 0 aliphatic heterocycles. The summed E-state index contributed by atoms with van der Waals surface area (Å²) in [4.78, 5) is 23.5. The minimum absolute atomic E-state index is 0.137. The van der Waals surface area contributed by atoms with E-state index in [1.165, 1.54) is 25.5 Å². The van der Waals surface area contributed by atoms with Gasteiger partial charge in [0.05, 0.1) is 18.2 Å². The highest BCUT2D eigenvalue weighted by atomic mass is 16.6.